The van der Waals surface area contributed by atoms with Crippen molar-refractivity contribution in [3.8, 4) is 5.75 Å². The lowest BCUT2D eigenvalue weighted by Crippen LogP contribution is -2.40. The molecule has 2 aliphatic heterocycles. The molecule has 0 spiro atoms. The molecule has 104 valence electrons. The van der Waals surface area contributed by atoms with Crippen LogP contribution >= 0.6 is 0 Å². The van der Waals surface area contributed by atoms with Crippen LogP contribution in [0, 0.1) is 0 Å². The Balaban J connectivity index is 1.56. The van der Waals surface area contributed by atoms with Gasteiger partial charge in [0, 0.05) is 6.04 Å². The number of nitrogens with two attached hydrogens (primary N) is 1. The standard InChI is InChI=1S/C16H24N2O/c17-14-6-10-18(11-7-14)9-5-13-8-12-19-16-4-2-1-3-15(13)16/h1-4,13-14H,5-12,17H2. The lowest BCUT2D eigenvalue weighted by Gasteiger charge is -2.32. The molecule has 0 aliphatic carbocycles. The van der Waals surface area contributed by atoms with Gasteiger partial charge in [0.05, 0.1) is 6.61 Å². The maximum atomic E-state index is 5.96. The maximum absolute atomic E-state index is 5.96. The molecule has 1 aromatic carbocycles. The van der Waals surface area contributed by atoms with Crippen LogP contribution in [-0.4, -0.2) is 37.2 Å². The third-order valence-electron chi connectivity index (χ3n) is 4.51. The second-order valence-corrected chi connectivity index (χ2v) is 5.84. The van der Waals surface area contributed by atoms with Crippen molar-refractivity contribution < 1.29 is 4.74 Å². The minimum atomic E-state index is 0.431. The molecule has 0 amide bonds. The highest BCUT2D eigenvalue weighted by atomic mass is 16.5. The Kier molecular flexibility index (Phi) is 4.04. The number of ether oxygens (including phenoxy) is 1. The molecule has 1 unspecified atom stereocenters. The Hall–Kier alpha value is -1.06. The van der Waals surface area contributed by atoms with E-state index in [-0.39, 0.29) is 0 Å². The number of benzene rings is 1. The normalized spacial score (nSPS) is 24.8. The Morgan fingerprint density at radius 3 is 2.79 bits per heavy atom. The smallest absolute Gasteiger partial charge is 0.122 e. The van der Waals surface area contributed by atoms with Crippen LogP contribution in [0.5, 0.6) is 5.75 Å². The van der Waals surface area contributed by atoms with E-state index in [0.29, 0.717) is 12.0 Å². The maximum Gasteiger partial charge on any atom is 0.122 e. The molecule has 0 saturated carbocycles. The van der Waals surface area contributed by atoms with Gasteiger partial charge in [-0.25, -0.2) is 0 Å². The molecule has 1 fully saturated rings. The molecule has 0 aromatic heterocycles. The lowest BCUT2D eigenvalue weighted by atomic mass is 9.90. The SMILES string of the molecule is NC1CCN(CCC2CCOc3ccccc32)CC1. The summed E-state index contributed by atoms with van der Waals surface area (Å²) in [6.07, 6.45) is 4.72. The van der Waals surface area contributed by atoms with Crippen molar-refractivity contribution in [1.29, 1.82) is 0 Å². The summed E-state index contributed by atoms with van der Waals surface area (Å²) in [5.74, 6) is 1.76. The number of fused-ring (bicyclic) bond motifs is 1. The molecule has 1 atom stereocenters. The van der Waals surface area contributed by atoms with Crippen LogP contribution in [0.2, 0.25) is 0 Å². The first-order valence-corrected chi connectivity index (χ1v) is 7.52. The summed E-state index contributed by atoms with van der Waals surface area (Å²) in [6.45, 7) is 4.41. The zero-order chi connectivity index (χ0) is 13.1. The third-order valence-corrected chi connectivity index (χ3v) is 4.51. The van der Waals surface area contributed by atoms with Crippen LogP contribution in [0.15, 0.2) is 24.3 Å². The van der Waals surface area contributed by atoms with Gasteiger partial charge in [0.25, 0.3) is 0 Å². The molecule has 2 heterocycles. The fourth-order valence-electron chi connectivity index (χ4n) is 3.23. The van der Waals surface area contributed by atoms with Gasteiger partial charge in [-0.2, -0.15) is 0 Å². The summed E-state index contributed by atoms with van der Waals surface area (Å²) in [6, 6.07) is 8.94. The molecule has 19 heavy (non-hydrogen) atoms. The highest BCUT2D eigenvalue weighted by Gasteiger charge is 2.22. The summed E-state index contributed by atoms with van der Waals surface area (Å²) in [5.41, 5.74) is 7.36. The minimum absolute atomic E-state index is 0.431. The quantitative estimate of drug-likeness (QED) is 0.906. The fraction of sp³-hybridized carbons (Fsp3) is 0.625. The number of rotatable bonds is 3. The first kappa shape index (κ1) is 12.9. The highest BCUT2D eigenvalue weighted by molar-refractivity contribution is 5.37. The van der Waals surface area contributed by atoms with E-state index in [1.165, 1.54) is 31.6 Å². The number of para-hydroxylation sites is 1. The lowest BCUT2D eigenvalue weighted by molar-refractivity contribution is 0.195. The molecule has 3 rings (SSSR count). The zero-order valence-corrected chi connectivity index (χ0v) is 11.6. The summed E-state index contributed by atoms with van der Waals surface area (Å²) in [4.78, 5) is 2.57. The average Bonchev–Trinajstić information content (AvgIpc) is 2.47. The van der Waals surface area contributed by atoms with Gasteiger partial charge in [0.15, 0.2) is 0 Å². The van der Waals surface area contributed by atoms with Crippen LogP contribution in [-0.2, 0) is 0 Å². The van der Waals surface area contributed by atoms with E-state index in [4.69, 9.17) is 10.5 Å². The summed E-state index contributed by atoms with van der Waals surface area (Å²) in [5, 5.41) is 0. The van der Waals surface area contributed by atoms with Crippen molar-refractivity contribution >= 4 is 0 Å². The number of nitrogens with zero attached hydrogens (tertiary/aromatic N) is 1. The largest absolute Gasteiger partial charge is 0.493 e. The highest BCUT2D eigenvalue weighted by Crippen LogP contribution is 2.35. The van der Waals surface area contributed by atoms with Crippen molar-refractivity contribution in [2.45, 2.75) is 37.6 Å². The molecule has 3 nitrogen and oxygen atoms in total. The zero-order valence-electron chi connectivity index (χ0n) is 11.6. The van der Waals surface area contributed by atoms with Crippen LogP contribution in [0.4, 0.5) is 0 Å². The predicted octanol–water partition coefficient (Wildman–Crippen LogP) is 2.37. The number of likely N-dealkylation sites (tertiary alicyclic amines) is 1. The van der Waals surface area contributed by atoms with E-state index in [1.807, 2.05) is 0 Å². The van der Waals surface area contributed by atoms with E-state index in [9.17, 15) is 0 Å². The first-order valence-electron chi connectivity index (χ1n) is 7.52. The molecule has 0 bridgehead atoms. The van der Waals surface area contributed by atoms with Crippen LogP contribution in [0.25, 0.3) is 0 Å². The Bertz CT molecular complexity index is 413. The van der Waals surface area contributed by atoms with Gasteiger partial charge in [0.2, 0.25) is 0 Å². The summed E-state index contributed by atoms with van der Waals surface area (Å²) in [7, 11) is 0. The topological polar surface area (TPSA) is 38.5 Å². The molecule has 1 saturated heterocycles. The van der Waals surface area contributed by atoms with Crippen LogP contribution < -0.4 is 10.5 Å². The summed E-state index contributed by atoms with van der Waals surface area (Å²) < 4.78 is 5.73. The van der Waals surface area contributed by atoms with E-state index >= 15 is 0 Å². The van der Waals surface area contributed by atoms with E-state index in [2.05, 4.69) is 29.2 Å². The molecule has 2 aliphatic rings. The molecule has 0 radical (unpaired) electrons. The second-order valence-electron chi connectivity index (χ2n) is 5.84. The van der Waals surface area contributed by atoms with E-state index in [0.717, 1.165) is 31.6 Å². The summed E-state index contributed by atoms with van der Waals surface area (Å²) >= 11 is 0. The number of hydrogen-bond donors (Lipinski definition) is 1. The Morgan fingerprint density at radius 2 is 1.95 bits per heavy atom. The predicted molar refractivity (Wildman–Crippen MR) is 77.6 cm³/mol. The Labute approximate surface area is 115 Å². The molecule has 1 aromatic rings. The second kappa shape index (κ2) is 5.93. The first-order chi connectivity index (χ1) is 9.33. The van der Waals surface area contributed by atoms with Gasteiger partial charge in [-0.3, -0.25) is 0 Å². The van der Waals surface area contributed by atoms with Crippen LogP contribution in [0.3, 0.4) is 0 Å². The van der Waals surface area contributed by atoms with Gasteiger partial charge in [0.1, 0.15) is 5.75 Å². The van der Waals surface area contributed by atoms with E-state index < -0.39 is 0 Å². The van der Waals surface area contributed by atoms with Gasteiger partial charge < -0.3 is 15.4 Å². The van der Waals surface area contributed by atoms with Gasteiger partial charge in [-0.05, 0) is 62.9 Å². The monoisotopic (exact) mass is 260 g/mol. The molecular weight excluding hydrogens is 236 g/mol. The Morgan fingerprint density at radius 1 is 1.16 bits per heavy atom. The fourth-order valence-corrected chi connectivity index (χ4v) is 3.23. The van der Waals surface area contributed by atoms with Gasteiger partial charge >= 0.3 is 0 Å². The molecule has 3 heteroatoms. The minimum Gasteiger partial charge on any atom is -0.493 e. The van der Waals surface area contributed by atoms with E-state index in [1.54, 1.807) is 0 Å². The third kappa shape index (κ3) is 3.10. The molecule has 2 N–H and O–H groups in total. The van der Waals surface area contributed by atoms with Crippen molar-refractivity contribution in [2.75, 3.05) is 26.2 Å². The van der Waals surface area contributed by atoms with Gasteiger partial charge in [-0.15, -0.1) is 0 Å². The number of piperidine rings is 1. The van der Waals surface area contributed by atoms with Gasteiger partial charge in [-0.1, -0.05) is 18.2 Å². The van der Waals surface area contributed by atoms with Crippen molar-refractivity contribution in [3.05, 3.63) is 29.8 Å². The average molecular weight is 260 g/mol. The molecular formula is C16H24N2O. The van der Waals surface area contributed by atoms with Crippen molar-refractivity contribution in [1.82, 2.24) is 4.90 Å². The number of hydrogen-bond acceptors (Lipinski definition) is 3. The van der Waals surface area contributed by atoms with Crippen molar-refractivity contribution in [2.24, 2.45) is 5.73 Å². The van der Waals surface area contributed by atoms with Crippen LogP contribution in [0.1, 0.15) is 37.2 Å². The van der Waals surface area contributed by atoms with Crippen molar-refractivity contribution in [3.63, 3.8) is 0 Å².